The minimum atomic E-state index is -0.0675. The quantitative estimate of drug-likeness (QED) is 0.774. The maximum atomic E-state index is 11.9. The van der Waals surface area contributed by atoms with E-state index in [4.69, 9.17) is 4.74 Å². The average Bonchev–Trinajstić information content (AvgIpc) is 2.35. The number of nitrogens with one attached hydrogen (secondary N) is 1. The Morgan fingerprint density at radius 3 is 2.55 bits per heavy atom. The first kappa shape index (κ1) is 16.2. The smallest absolute Gasteiger partial charge is 0.224 e. The predicted octanol–water partition coefficient (Wildman–Crippen LogP) is 3.66. The first-order valence-corrected chi connectivity index (χ1v) is 7.01. The summed E-state index contributed by atoms with van der Waals surface area (Å²) in [5.41, 5.74) is 1.13. The lowest BCUT2D eigenvalue weighted by molar-refractivity contribution is -0.116. The number of ether oxygens (including phenoxy) is 1. The Morgan fingerprint density at radius 2 is 2.00 bits per heavy atom. The maximum absolute atomic E-state index is 11.9. The fourth-order valence-electron chi connectivity index (χ4n) is 1.76. The number of hydrogen-bond acceptors (Lipinski definition) is 3. The molecule has 4 nitrogen and oxygen atoms in total. The molecule has 0 heterocycles. The molecule has 0 unspecified atom stereocenters. The van der Waals surface area contributed by atoms with E-state index in [1.54, 1.807) is 18.2 Å². The van der Waals surface area contributed by atoms with Gasteiger partial charge in [0.1, 0.15) is 5.75 Å². The molecule has 0 fully saturated rings. The van der Waals surface area contributed by atoms with Crippen molar-refractivity contribution < 1.29 is 14.3 Å². The van der Waals surface area contributed by atoms with Gasteiger partial charge in [-0.2, -0.15) is 0 Å². The molecule has 0 atom stereocenters. The Morgan fingerprint density at radius 1 is 1.30 bits per heavy atom. The summed E-state index contributed by atoms with van der Waals surface area (Å²) in [7, 11) is 0. The van der Waals surface area contributed by atoms with E-state index in [1.807, 2.05) is 20.8 Å². The molecule has 0 aliphatic rings. The number of Topliss-reactive ketones (excluding diaryl/α,β-unsaturated/α-hetero) is 1. The van der Waals surface area contributed by atoms with Crippen LogP contribution < -0.4 is 10.1 Å². The van der Waals surface area contributed by atoms with Gasteiger partial charge < -0.3 is 10.1 Å². The van der Waals surface area contributed by atoms with E-state index in [2.05, 4.69) is 5.32 Å². The highest BCUT2D eigenvalue weighted by Crippen LogP contribution is 2.26. The van der Waals surface area contributed by atoms with Crippen molar-refractivity contribution >= 4 is 17.4 Å². The molecule has 20 heavy (non-hydrogen) atoms. The van der Waals surface area contributed by atoms with Gasteiger partial charge in [0, 0.05) is 12.0 Å². The van der Waals surface area contributed by atoms with Crippen LogP contribution in [0, 0.1) is 5.92 Å². The highest BCUT2D eigenvalue weighted by atomic mass is 16.5. The van der Waals surface area contributed by atoms with Gasteiger partial charge in [-0.3, -0.25) is 9.59 Å². The maximum Gasteiger partial charge on any atom is 0.224 e. The van der Waals surface area contributed by atoms with E-state index < -0.39 is 0 Å². The number of carbonyl (C=O) groups excluding carboxylic acids is 2. The van der Waals surface area contributed by atoms with E-state index in [-0.39, 0.29) is 17.6 Å². The molecular formula is C16H23NO3. The van der Waals surface area contributed by atoms with Crippen LogP contribution in [0.25, 0.3) is 0 Å². The SMILES string of the molecule is CCCOc1ccc(C(C)=O)cc1NC(=O)CC(C)C. The Kier molecular flexibility index (Phi) is 6.22. The molecule has 4 heteroatoms. The fraction of sp³-hybridized carbons (Fsp3) is 0.500. The lowest BCUT2D eigenvalue weighted by Gasteiger charge is -2.14. The highest BCUT2D eigenvalue weighted by Gasteiger charge is 2.12. The Hall–Kier alpha value is -1.84. The van der Waals surface area contributed by atoms with E-state index in [0.717, 1.165) is 6.42 Å². The Labute approximate surface area is 120 Å². The summed E-state index contributed by atoms with van der Waals surface area (Å²) >= 11 is 0. The average molecular weight is 277 g/mol. The molecule has 0 aliphatic carbocycles. The zero-order valence-electron chi connectivity index (χ0n) is 12.7. The van der Waals surface area contributed by atoms with Gasteiger partial charge >= 0.3 is 0 Å². The minimum absolute atomic E-state index is 0.0357. The first-order chi connectivity index (χ1) is 9.43. The number of hydrogen-bond donors (Lipinski definition) is 1. The topological polar surface area (TPSA) is 55.4 Å². The molecule has 1 aromatic carbocycles. The van der Waals surface area contributed by atoms with Gasteiger partial charge in [-0.05, 0) is 37.5 Å². The van der Waals surface area contributed by atoms with Crippen molar-refractivity contribution in [3.05, 3.63) is 23.8 Å². The van der Waals surface area contributed by atoms with E-state index in [9.17, 15) is 9.59 Å². The summed E-state index contributed by atoms with van der Waals surface area (Å²) in [5, 5.41) is 2.83. The molecule has 0 spiro atoms. The summed E-state index contributed by atoms with van der Waals surface area (Å²) in [6.07, 6.45) is 1.32. The molecular weight excluding hydrogens is 254 g/mol. The highest BCUT2D eigenvalue weighted by molar-refractivity contribution is 5.98. The Balaban J connectivity index is 2.95. The molecule has 1 N–H and O–H groups in total. The van der Waals surface area contributed by atoms with Crippen LogP contribution >= 0.6 is 0 Å². The van der Waals surface area contributed by atoms with Crippen LogP contribution in [-0.2, 0) is 4.79 Å². The third kappa shape index (κ3) is 5.03. The van der Waals surface area contributed by atoms with Crippen LogP contribution in [0.15, 0.2) is 18.2 Å². The third-order valence-corrected chi connectivity index (χ3v) is 2.72. The van der Waals surface area contributed by atoms with Crippen molar-refractivity contribution in [2.45, 2.75) is 40.5 Å². The van der Waals surface area contributed by atoms with Gasteiger partial charge in [-0.25, -0.2) is 0 Å². The van der Waals surface area contributed by atoms with Gasteiger partial charge in [-0.15, -0.1) is 0 Å². The summed E-state index contributed by atoms with van der Waals surface area (Å²) in [4.78, 5) is 23.3. The fourth-order valence-corrected chi connectivity index (χ4v) is 1.76. The largest absolute Gasteiger partial charge is 0.491 e. The van der Waals surface area contributed by atoms with Crippen LogP contribution in [0.5, 0.6) is 5.75 Å². The zero-order valence-corrected chi connectivity index (χ0v) is 12.7. The molecule has 1 amide bonds. The number of rotatable bonds is 7. The second-order valence-electron chi connectivity index (χ2n) is 5.26. The van der Waals surface area contributed by atoms with Crippen LogP contribution in [0.2, 0.25) is 0 Å². The molecule has 0 radical (unpaired) electrons. The summed E-state index contributed by atoms with van der Waals surface area (Å²) in [6.45, 7) is 8.06. The van der Waals surface area contributed by atoms with Gasteiger partial charge in [0.25, 0.3) is 0 Å². The van der Waals surface area contributed by atoms with Crippen LogP contribution in [-0.4, -0.2) is 18.3 Å². The van der Waals surface area contributed by atoms with Crippen molar-refractivity contribution in [3.63, 3.8) is 0 Å². The van der Waals surface area contributed by atoms with Gasteiger partial charge in [-0.1, -0.05) is 20.8 Å². The summed E-state index contributed by atoms with van der Waals surface area (Å²) in [5.74, 6) is 0.786. The normalized spacial score (nSPS) is 10.4. The second-order valence-corrected chi connectivity index (χ2v) is 5.26. The monoisotopic (exact) mass is 277 g/mol. The van der Waals surface area contributed by atoms with Gasteiger partial charge in [0.15, 0.2) is 5.78 Å². The van der Waals surface area contributed by atoms with Crippen LogP contribution in [0.3, 0.4) is 0 Å². The lowest BCUT2D eigenvalue weighted by Crippen LogP contribution is -2.15. The molecule has 1 aromatic rings. The van der Waals surface area contributed by atoms with Crippen molar-refractivity contribution in [1.29, 1.82) is 0 Å². The summed E-state index contributed by atoms with van der Waals surface area (Å²) in [6, 6.07) is 5.12. The number of carbonyl (C=O) groups is 2. The standard InChI is InChI=1S/C16H23NO3/c1-5-8-20-15-7-6-13(12(4)18)10-14(15)17-16(19)9-11(2)3/h6-7,10-11H,5,8-9H2,1-4H3,(H,17,19). The molecule has 0 aliphatic heterocycles. The van der Waals surface area contributed by atoms with E-state index in [1.165, 1.54) is 6.92 Å². The number of amides is 1. The van der Waals surface area contributed by atoms with Crippen molar-refractivity contribution in [2.24, 2.45) is 5.92 Å². The number of benzene rings is 1. The van der Waals surface area contributed by atoms with E-state index in [0.29, 0.717) is 30.0 Å². The third-order valence-electron chi connectivity index (χ3n) is 2.72. The molecule has 110 valence electrons. The van der Waals surface area contributed by atoms with Crippen LogP contribution in [0.4, 0.5) is 5.69 Å². The van der Waals surface area contributed by atoms with E-state index >= 15 is 0 Å². The number of ketones is 1. The molecule has 0 saturated carbocycles. The molecule has 0 bridgehead atoms. The van der Waals surface area contributed by atoms with Crippen molar-refractivity contribution in [1.82, 2.24) is 0 Å². The Bertz CT molecular complexity index is 481. The first-order valence-electron chi connectivity index (χ1n) is 7.01. The van der Waals surface area contributed by atoms with Crippen molar-refractivity contribution in [2.75, 3.05) is 11.9 Å². The minimum Gasteiger partial charge on any atom is -0.491 e. The molecule has 1 rings (SSSR count). The summed E-state index contributed by atoms with van der Waals surface area (Å²) < 4.78 is 5.60. The molecule has 0 aromatic heterocycles. The molecule has 0 saturated heterocycles. The zero-order chi connectivity index (χ0) is 15.1. The lowest BCUT2D eigenvalue weighted by atomic mass is 10.1. The van der Waals surface area contributed by atoms with Crippen molar-refractivity contribution in [3.8, 4) is 5.75 Å². The number of anilines is 1. The predicted molar refractivity (Wildman–Crippen MR) is 80.3 cm³/mol. The second kappa shape index (κ2) is 7.68. The van der Waals surface area contributed by atoms with Gasteiger partial charge in [0.2, 0.25) is 5.91 Å². The van der Waals surface area contributed by atoms with Gasteiger partial charge in [0.05, 0.1) is 12.3 Å². The van der Waals surface area contributed by atoms with Crippen LogP contribution in [0.1, 0.15) is 50.9 Å².